The fourth-order valence-electron chi connectivity index (χ4n) is 3.11. The van der Waals surface area contributed by atoms with Gasteiger partial charge in [0.1, 0.15) is 12.0 Å². The van der Waals surface area contributed by atoms with E-state index < -0.39 is 0 Å². The molecule has 0 aliphatic carbocycles. The molecule has 3 aromatic rings. The molecule has 3 rings (SSSR count). The molecule has 0 fully saturated rings. The molecule has 0 atom stereocenters. The Hall–Kier alpha value is -3.40. The van der Waals surface area contributed by atoms with E-state index in [1.54, 1.807) is 12.1 Å². The van der Waals surface area contributed by atoms with Crippen molar-refractivity contribution in [1.29, 1.82) is 0 Å². The molecule has 0 aliphatic rings. The normalized spacial score (nSPS) is 10.1. The molecular weight excluding hydrogens is 374 g/mol. The van der Waals surface area contributed by atoms with Gasteiger partial charge in [-0.05, 0) is 55.7 Å². The number of phenols is 1. The molecule has 0 spiro atoms. The lowest BCUT2D eigenvalue weighted by Crippen LogP contribution is -2.04. The number of phenolic OH excluding ortho intramolecular Hbond substituents is 1. The largest absolute Gasteiger partial charge is 0.508 e. The summed E-state index contributed by atoms with van der Waals surface area (Å²) in [5.74, 6) is 0.390. The Morgan fingerprint density at radius 3 is 1.73 bits per heavy atom. The lowest BCUT2D eigenvalue weighted by Gasteiger charge is -2.17. The summed E-state index contributed by atoms with van der Waals surface area (Å²) in [5.41, 5.74) is 5.80. The Labute approximate surface area is 178 Å². The highest BCUT2D eigenvalue weighted by molar-refractivity contribution is 5.88. The van der Waals surface area contributed by atoms with Crippen LogP contribution in [0, 0.1) is 13.8 Å². The quantitative estimate of drug-likeness (QED) is 0.406. The zero-order chi connectivity index (χ0) is 21.9. The molecular formula is C26H29NO3. The smallest absolute Gasteiger partial charge is 0.221 e. The fraction of sp³-hybridized carbons (Fsp3) is 0.231. The molecule has 3 aromatic carbocycles. The lowest BCUT2D eigenvalue weighted by atomic mass is 9.87. The van der Waals surface area contributed by atoms with Gasteiger partial charge >= 0.3 is 0 Å². The van der Waals surface area contributed by atoms with Gasteiger partial charge < -0.3 is 15.2 Å². The van der Waals surface area contributed by atoms with Gasteiger partial charge in [0.25, 0.3) is 0 Å². The number of hydrogen-bond donors (Lipinski definition) is 2. The first-order chi connectivity index (χ1) is 14.4. The molecule has 0 saturated heterocycles. The minimum Gasteiger partial charge on any atom is -0.508 e. The molecule has 156 valence electrons. The summed E-state index contributed by atoms with van der Waals surface area (Å²) in [4.78, 5) is 21.2. The van der Waals surface area contributed by atoms with Gasteiger partial charge in [0.2, 0.25) is 5.91 Å². The van der Waals surface area contributed by atoms with Crippen molar-refractivity contribution in [2.45, 2.75) is 39.5 Å². The van der Waals surface area contributed by atoms with Crippen LogP contribution in [0.1, 0.15) is 47.9 Å². The number of carbonyl (C=O) groups is 2. The van der Waals surface area contributed by atoms with Crippen molar-refractivity contribution in [2.75, 3.05) is 5.32 Å². The van der Waals surface area contributed by atoms with Crippen LogP contribution in [0.5, 0.6) is 5.75 Å². The summed E-state index contributed by atoms with van der Waals surface area (Å²) in [6, 6.07) is 23.5. The zero-order valence-corrected chi connectivity index (χ0v) is 17.8. The van der Waals surface area contributed by atoms with Crippen LogP contribution in [-0.2, 0) is 9.59 Å². The predicted molar refractivity (Wildman–Crippen MR) is 122 cm³/mol. The van der Waals surface area contributed by atoms with Crippen molar-refractivity contribution in [3.63, 3.8) is 0 Å². The molecule has 4 heteroatoms. The van der Waals surface area contributed by atoms with Crippen LogP contribution < -0.4 is 5.32 Å². The van der Waals surface area contributed by atoms with Gasteiger partial charge in [0.05, 0.1) is 0 Å². The van der Waals surface area contributed by atoms with Gasteiger partial charge in [-0.2, -0.15) is 0 Å². The van der Waals surface area contributed by atoms with E-state index in [4.69, 9.17) is 5.11 Å². The van der Waals surface area contributed by atoms with E-state index in [1.807, 2.05) is 0 Å². The third kappa shape index (κ3) is 7.55. The van der Waals surface area contributed by atoms with Crippen molar-refractivity contribution in [2.24, 2.45) is 0 Å². The maximum absolute atomic E-state index is 10.7. The third-order valence-corrected chi connectivity index (χ3v) is 4.72. The van der Waals surface area contributed by atoms with E-state index in [0.717, 1.165) is 12.7 Å². The summed E-state index contributed by atoms with van der Waals surface area (Å²) in [5, 5.41) is 11.5. The molecule has 30 heavy (non-hydrogen) atoms. The summed E-state index contributed by atoms with van der Waals surface area (Å²) in [7, 11) is 0. The summed E-state index contributed by atoms with van der Waals surface area (Å²) < 4.78 is 0. The van der Waals surface area contributed by atoms with Crippen LogP contribution in [0.25, 0.3) is 0 Å². The molecule has 0 heterocycles. The van der Waals surface area contributed by atoms with Crippen LogP contribution in [0.15, 0.2) is 72.8 Å². The molecule has 1 amide bonds. The molecule has 4 nitrogen and oxygen atoms in total. The predicted octanol–water partition coefficient (Wildman–Crippen LogP) is 5.77. The molecule has 0 unspecified atom stereocenters. The summed E-state index contributed by atoms with van der Waals surface area (Å²) in [6.45, 7) is 5.62. The number of rotatable bonds is 6. The Balaban J connectivity index is 0.000000248. The second-order valence-corrected chi connectivity index (χ2v) is 7.35. The summed E-state index contributed by atoms with van der Waals surface area (Å²) >= 11 is 0. The standard InChI is InChI=1S/C18H20O.C8H9NO2/c1-14-5-9-16(10-6-14)18(4-3-13-19)17-11-7-15(2)8-12-17;1-6(10)9-7-2-4-8(11)5-3-7/h5-13,18H,3-4H2,1-2H3;2-5,11H,1H3,(H,9,10). The minimum atomic E-state index is -0.115. The number of hydrogen-bond acceptors (Lipinski definition) is 3. The Kier molecular flexibility index (Phi) is 8.82. The number of benzene rings is 3. The number of aromatic hydroxyl groups is 1. The maximum Gasteiger partial charge on any atom is 0.221 e. The lowest BCUT2D eigenvalue weighted by molar-refractivity contribution is -0.114. The number of anilines is 1. The van der Waals surface area contributed by atoms with Gasteiger partial charge in [0, 0.05) is 24.9 Å². The van der Waals surface area contributed by atoms with E-state index in [1.165, 1.54) is 41.3 Å². The van der Waals surface area contributed by atoms with Crippen LogP contribution >= 0.6 is 0 Å². The number of carbonyl (C=O) groups excluding carboxylic acids is 2. The first-order valence-electron chi connectivity index (χ1n) is 10.0. The Morgan fingerprint density at radius 2 is 1.33 bits per heavy atom. The average molecular weight is 404 g/mol. The first-order valence-corrected chi connectivity index (χ1v) is 10.0. The van der Waals surface area contributed by atoms with Crippen molar-refractivity contribution in [1.82, 2.24) is 0 Å². The van der Waals surface area contributed by atoms with Crippen LogP contribution in [0.2, 0.25) is 0 Å². The highest BCUT2D eigenvalue weighted by Crippen LogP contribution is 2.29. The SMILES string of the molecule is CC(=O)Nc1ccc(O)cc1.Cc1ccc(C(CCC=O)c2ccc(C)cc2)cc1. The van der Waals surface area contributed by atoms with E-state index in [0.29, 0.717) is 18.0 Å². The van der Waals surface area contributed by atoms with Gasteiger partial charge in [0.15, 0.2) is 0 Å². The number of nitrogens with one attached hydrogen (secondary N) is 1. The van der Waals surface area contributed by atoms with Crippen molar-refractivity contribution >= 4 is 17.9 Å². The molecule has 2 N–H and O–H groups in total. The topological polar surface area (TPSA) is 66.4 Å². The number of aryl methyl sites for hydroxylation is 2. The number of amides is 1. The number of aldehydes is 1. The van der Waals surface area contributed by atoms with Gasteiger partial charge in [-0.1, -0.05) is 59.7 Å². The Morgan fingerprint density at radius 1 is 0.867 bits per heavy atom. The highest BCUT2D eigenvalue weighted by Gasteiger charge is 2.13. The van der Waals surface area contributed by atoms with E-state index >= 15 is 0 Å². The molecule has 0 aliphatic heterocycles. The molecule has 0 saturated carbocycles. The monoisotopic (exact) mass is 403 g/mol. The average Bonchev–Trinajstić information content (AvgIpc) is 2.73. The maximum atomic E-state index is 10.7. The molecule has 0 aromatic heterocycles. The summed E-state index contributed by atoms with van der Waals surface area (Å²) in [6.07, 6.45) is 2.48. The van der Waals surface area contributed by atoms with Crippen LogP contribution in [0.3, 0.4) is 0 Å². The van der Waals surface area contributed by atoms with E-state index in [2.05, 4.69) is 67.7 Å². The minimum absolute atomic E-state index is 0.115. The van der Waals surface area contributed by atoms with E-state index in [-0.39, 0.29) is 11.7 Å². The zero-order valence-electron chi connectivity index (χ0n) is 17.8. The first kappa shape index (κ1) is 22.9. The second kappa shape index (κ2) is 11.6. The third-order valence-electron chi connectivity index (χ3n) is 4.72. The van der Waals surface area contributed by atoms with Crippen molar-refractivity contribution < 1.29 is 14.7 Å². The fourth-order valence-corrected chi connectivity index (χ4v) is 3.11. The Bertz CT molecular complexity index is 884. The van der Waals surface area contributed by atoms with Gasteiger partial charge in [-0.15, -0.1) is 0 Å². The van der Waals surface area contributed by atoms with Crippen LogP contribution in [0.4, 0.5) is 5.69 Å². The molecule has 0 radical (unpaired) electrons. The van der Waals surface area contributed by atoms with Crippen molar-refractivity contribution in [3.8, 4) is 5.75 Å². The van der Waals surface area contributed by atoms with Gasteiger partial charge in [-0.3, -0.25) is 4.79 Å². The highest BCUT2D eigenvalue weighted by atomic mass is 16.3. The van der Waals surface area contributed by atoms with E-state index in [9.17, 15) is 9.59 Å². The van der Waals surface area contributed by atoms with Crippen molar-refractivity contribution in [3.05, 3.63) is 95.1 Å². The second-order valence-electron chi connectivity index (χ2n) is 7.35. The van der Waals surface area contributed by atoms with Crippen LogP contribution in [-0.4, -0.2) is 17.3 Å². The molecule has 0 bridgehead atoms. The van der Waals surface area contributed by atoms with Gasteiger partial charge in [-0.25, -0.2) is 0 Å².